The Balaban J connectivity index is 2.28. The van der Waals surface area contributed by atoms with Crippen molar-refractivity contribution >= 4 is 11.6 Å². The minimum absolute atomic E-state index is 0.0163. The topological polar surface area (TPSA) is 37.4 Å². The zero-order valence-electron chi connectivity index (χ0n) is 12.9. The molecule has 2 rings (SSSR count). The Morgan fingerprint density at radius 2 is 1.48 bits per heavy atom. The SMILES string of the molecule is CCCCN(CCCC)C1=CC(=O)c2ccccc2C1=O. The molecule has 0 fully saturated rings. The van der Waals surface area contributed by atoms with Gasteiger partial charge in [0, 0.05) is 30.3 Å². The van der Waals surface area contributed by atoms with E-state index < -0.39 is 0 Å². The minimum Gasteiger partial charge on any atom is -0.368 e. The van der Waals surface area contributed by atoms with Crippen LogP contribution in [0.2, 0.25) is 0 Å². The second kappa shape index (κ2) is 7.21. The summed E-state index contributed by atoms with van der Waals surface area (Å²) in [5.74, 6) is -0.0735. The van der Waals surface area contributed by atoms with E-state index in [1.807, 2.05) is 6.07 Å². The van der Waals surface area contributed by atoms with Crippen LogP contribution >= 0.6 is 0 Å². The first kappa shape index (κ1) is 15.5. The summed E-state index contributed by atoms with van der Waals surface area (Å²) in [6.45, 7) is 5.94. The number of ketones is 2. The number of hydrogen-bond donors (Lipinski definition) is 0. The maximum atomic E-state index is 12.7. The van der Waals surface area contributed by atoms with E-state index in [0.29, 0.717) is 16.8 Å². The Morgan fingerprint density at radius 3 is 2.05 bits per heavy atom. The molecule has 0 bridgehead atoms. The standard InChI is InChI=1S/C18H23NO2/c1-3-5-11-19(12-6-4-2)16-13-17(20)14-9-7-8-10-15(14)18(16)21/h7-10,13H,3-6,11-12H2,1-2H3. The fourth-order valence-corrected chi connectivity index (χ4v) is 2.59. The lowest BCUT2D eigenvalue weighted by molar-refractivity contribution is 0.0949. The van der Waals surface area contributed by atoms with Crippen LogP contribution in [0.1, 0.15) is 60.2 Å². The van der Waals surface area contributed by atoms with Gasteiger partial charge in [0.2, 0.25) is 5.78 Å². The van der Waals surface area contributed by atoms with Crippen LogP contribution in [-0.4, -0.2) is 29.6 Å². The Labute approximate surface area is 126 Å². The highest BCUT2D eigenvalue weighted by molar-refractivity contribution is 6.24. The fraction of sp³-hybridized carbons (Fsp3) is 0.444. The van der Waals surface area contributed by atoms with Crippen LogP contribution in [0, 0.1) is 0 Å². The third-order valence-corrected chi connectivity index (χ3v) is 3.84. The fourth-order valence-electron chi connectivity index (χ4n) is 2.59. The zero-order valence-corrected chi connectivity index (χ0v) is 12.9. The molecule has 1 aromatic rings. The van der Waals surface area contributed by atoms with Gasteiger partial charge < -0.3 is 4.90 Å². The summed E-state index contributed by atoms with van der Waals surface area (Å²) < 4.78 is 0. The number of carbonyl (C=O) groups excluding carboxylic acids is 2. The van der Waals surface area contributed by atoms with E-state index >= 15 is 0 Å². The number of unbranched alkanes of at least 4 members (excludes halogenated alkanes) is 2. The summed E-state index contributed by atoms with van der Waals surface area (Å²) in [6, 6.07) is 7.09. The van der Waals surface area contributed by atoms with Gasteiger partial charge in [-0.2, -0.15) is 0 Å². The number of carbonyl (C=O) groups is 2. The van der Waals surface area contributed by atoms with Gasteiger partial charge >= 0.3 is 0 Å². The highest BCUT2D eigenvalue weighted by Gasteiger charge is 2.28. The first-order chi connectivity index (χ1) is 10.2. The van der Waals surface area contributed by atoms with E-state index in [0.717, 1.165) is 38.8 Å². The van der Waals surface area contributed by atoms with Crippen LogP contribution in [0.5, 0.6) is 0 Å². The first-order valence-corrected chi connectivity index (χ1v) is 7.83. The van der Waals surface area contributed by atoms with Gasteiger partial charge in [-0.1, -0.05) is 51.0 Å². The summed E-state index contributed by atoms with van der Waals surface area (Å²) in [5.41, 5.74) is 1.63. The smallest absolute Gasteiger partial charge is 0.209 e. The minimum atomic E-state index is -0.0572. The first-order valence-electron chi connectivity index (χ1n) is 7.83. The summed E-state index contributed by atoms with van der Waals surface area (Å²) in [7, 11) is 0. The van der Waals surface area contributed by atoms with Crippen LogP contribution in [0.4, 0.5) is 0 Å². The van der Waals surface area contributed by atoms with E-state index in [2.05, 4.69) is 18.7 Å². The summed E-state index contributed by atoms with van der Waals surface area (Å²) in [6.07, 6.45) is 5.74. The lowest BCUT2D eigenvalue weighted by Crippen LogP contribution is -2.33. The predicted molar refractivity (Wildman–Crippen MR) is 84.6 cm³/mol. The molecule has 0 saturated heterocycles. The third-order valence-electron chi connectivity index (χ3n) is 3.84. The molecule has 21 heavy (non-hydrogen) atoms. The van der Waals surface area contributed by atoms with Crippen LogP contribution in [0.15, 0.2) is 36.0 Å². The molecule has 0 saturated carbocycles. The summed E-state index contributed by atoms with van der Waals surface area (Å²) in [5, 5.41) is 0. The molecule has 0 aromatic heterocycles. The number of benzene rings is 1. The number of allylic oxidation sites excluding steroid dienone is 2. The lowest BCUT2D eigenvalue weighted by atomic mass is 9.92. The molecule has 1 aliphatic carbocycles. The second-order valence-electron chi connectivity index (χ2n) is 5.46. The van der Waals surface area contributed by atoms with Crippen molar-refractivity contribution in [3.63, 3.8) is 0 Å². The van der Waals surface area contributed by atoms with Crippen molar-refractivity contribution in [2.75, 3.05) is 13.1 Å². The summed E-state index contributed by atoms with van der Waals surface area (Å²) >= 11 is 0. The van der Waals surface area contributed by atoms with Gasteiger partial charge in [-0.3, -0.25) is 9.59 Å². The summed E-state index contributed by atoms with van der Waals surface area (Å²) in [4.78, 5) is 27.0. The normalized spacial score (nSPS) is 13.9. The van der Waals surface area contributed by atoms with Crippen LogP contribution < -0.4 is 0 Å². The molecular formula is C18H23NO2. The number of rotatable bonds is 7. The largest absolute Gasteiger partial charge is 0.368 e. The highest BCUT2D eigenvalue weighted by atomic mass is 16.1. The maximum Gasteiger partial charge on any atom is 0.209 e. The van der Waals surface area contributed by atoms with Crippen LogP contribution in [-0.2, 0) is 0 Å². The quantitative estimate of drug-likeness (QED) is 0.763. The van der Waals surface area contributed by atoms with Gasteiger partial charge in [0.25, 0.3) is 0 Å². The van der Waals surface area contributed by atoms with E-state index in [1.54, 1.807) is 18.2 Å². The van der Waals surface area contributed by atoms with E-state index in [4.69, 9.17) is 0 Å². The zero-order chi connectivity index (χ0) is 15.2. The van der Waals surface area contributed by atoms with Crippen LogP contribution in [0.3, 0.4) is 0 Å². The molecule has 1 aliphatic rings. The Hall–Kier alpha value is -1.90. The van der Waals surface area contributed by atoms with Crippen molar-refractivity contribution in [1.29, 1.82) is 0 Å². The number of hydrogen-bond acceptors (Lipinski definition) is 3. The predicted octanol–water partition coefficient (Wildman–Crippen LogP) is 3.85. The number of fused-ring (bicyclic) bond motifs is 1. The molecule has 0 radical (unpaired) electrons. The number of nitrogens with zero attached hydrogens (tertiary/aromatic N) is 1. The van der Waals surface area contributed by atoms with Crippen molar-refractivity contribution in [3.8, 4) is 0 Å². The van der Waals surface area contributed by atoms with Gasteiger partial charge in [0.15, 0.2) is 5.78 Å². The average Bonchev–Trinajstić information content (AvgIpc) is 2.51. The third kappa shape index (κ3) is 3.41. The molecule has 1 aromatic carbocycles. The average molecular weight is 285 g/mol. The van der Waals surface area contributed by atoms with E-state index in [-0.39, 0.29) is 11.6 Å². The van der Waals surface area contributed by atoms with Crippen molar-refractivity contribution in [2.45, 2.75) is 39.5 Å². The molecule has 3 nitrogen and oxygen atoms in total. The van der Waals surface area contributed by atoms with Crippen molar-refractivity contribution < 1.29 is 9.59 Å². The molecule has 0 atom stereocenters. The lowest BCUT2D eigenvalue weighted by Gasteiger charge is -2.28. The Morgan fingerprint density at radius 1 is 0.905 bits per heavy atom. The molecule has 112 valence electrons. The van der Waals surface area contributed by atoms with Gasteiger partial charge in [-0.05, 0) is 12.8 Å². The van der Waals surface area contributed by atoms with Crippen molar-refractivity contribution in [1.82, 2.24) is 4.90 Å². The molecule has 0 amide bonds. The molecule has 0 unspecified atom stereocenters. The number of Topliss-reactive ketones (excluding diaryl/α,β-unsaturated/α-hetero) is 1. The Kier molecular flexibility index (Phi) is 5.32. The van der Waals surface area contributed by atoms with Crippen molar-refractivity contribution in [3.05, 3.63) is 47.2 Å². The molecule has 0 spiro atoms. The molecule has 0 heterocycles. The molecular weight excluding hydrogens is 262 g/mol. The highest BCUT2D eigenvalue weighted by Crippen LogP contribution is 2.24. The van der Waals surface area contributed by atoms with E-state index in [1.165, 1.54) is 6.08 Å². The molecule has 3 heteroatoms. The monoisotopic (exact) mass is 285 g/mol. The molecule has 0 aliphatic heterocycles. The van der Waals surface area contributed by atoms with Gasteiger partial charge in [-0.15, -0.1) is 0 Å². The molecule has 0 N–H and O–H groups in total. The van der Waals surface area contributed by atoms with Gasteiger partial charge in [-0.25, -0.2) is 0 Å². The van der Waals surface area contributed by atoms with Gasteiger partial charge in [0.05, 0.1) is 5.70 Å². The maximum absolute atomic E-state index is 12.7. The second-order valence-corrected chi connectivity index (χ2v) is 5.46. The van der Waals surface area contributed by atoms with Gasteiger partial charge in [0.1, 0.15) is 0 Å². The van der Waals surface area contributed by atoms with Crippen LogP contribution in [0.25, 0.3) is 0 Å². The van der Waals surface area contributed by atoms with E-state index in [9.17, 15) is 9.59 Å². The Bertz CT molecular complexity index is 552. The van der Waals surface area contributed by atoms with Crippen molar-refractivity contribution in [2.24, 2.45) is 0 Å².